The molecule has 1 unspecified atom stereocenters. The minimum absolute atomic E-state index is 0.372. The van der Waals surface area contributed by atoms with Crippen LogP contribution in [0, 0.1) is 5.82 Å². The Morgan fingerprint density at radius 1 is 1.41 bits per heavy atom. The molecule has 0 aromatic heterocycles. The first-order valence-corrected chi connectivity index (χ1v) is 5.64. The summed E-state index contributed by atoms with van der Waals surface area (Å²) in [5, 5.41) is 9.24. The molecule has 0 spiro atoms. The summed E-state index contributed by atoms with van der Waals surface area (Å²) in [6.07, 6.45) is 1.73. The summed E-state index contributed by atoms with van der Waals surface area (Å²) >= 11 is 0. The largest absolute Gasteiger partial charge is 0.479 e. The SMILES string of the molecule is CCCCOC(C)(C(=O)O)c1ccc(F)cc1. The van der Waals surface area contributed by atoms with E-state index < -0.39 is 17.4 Å². The van der Waals surface area contributed by atoms with Crippen molar-refractivity contribution in [1.82, 2.24) is 0 Å². The van der Waals surface area contributed by atoms with E-state index in [0.29, 0.717) is 12.2 Å². The lowest BCUT2D eigenvalue weighted by molar-refractivity contribution is -0.165. The normalized spacial score (nSPS) is 14.3. The maximum atomic E-state index is 12.8. The standard InChI is InChI=1S/C13H17FO3/c1-3-4-9-17-13(2,12(15)16)10-5-7-11(14)8-6-10/h5-8H,3-4,9H2,1-2H3,(H,15,16). The molecule has 1 aromatic rings. The van der Waals surface area contributed by atoms with Crippen molar-refractivity contribution in [2.45, 2.75) is 32.3 Å². The van der Waals surface area contributed by atoms with Crippen molar-refractivity contribution >= 4 is 5.97 Å². The number of aliphatic carboxylic acids is 1. The summed E-state index contributed by atoms with van der Waals surface area (Å²) in [6, 6.07) is 5.35. The molecule has 0 aliphatic heterocycles. The number of hydrogen-bond donors (Lipinski definition) is 1. The van der Waals surface area contributed by atoms with Gasteiger partial charge in [-0.2, -0.15) is 0 Å². The Hall–Kier alpha value is -1.42. The summed E-state index contributed by atoms with van der Waals surface area (Å²) in [7, 11) is 0. The summed E-state index contributed by atoms with van der Waals surface area (Å²) in [4.78, 5) is 11.3. The molecule has 0 saturated heterocycles. The Morgan fingerprint density at radius 2 is 2.00 bits per heavy atom. The summed E-state index contributed by atoms with van der Waals surface area (Å²) in [5.74, 6) is -1.46. The van der Waals surface area contributed by atoms with Crippen LogP contribution >= 0.6 is 0 Å². The maximum absolute atomic E-state index is 12.8. The van der Waals surface area contributed by atoms with E-state index in [-0.39, 0.29) is 0 Å². The van der Waals surface area contributed by atoms with E-state index in [9.17, 15) is 14.3 Å². The lowest BCUT2D eigenvalue weighted by Gasteiger charge is -2.25. The van der Waals surface area contributed by atoms with Gasteiger partial charge in [0, 0.05) is 6.61 Å². The Kier molecular flexibility index (Phi) is 4.63. The van der Waals surface area contributed by atoms with Crippen LogP contribution in [0.25, 0.3) is 0 Å². The number of rotatable bonds is 6. The van der Waals surface area contributed by atoms with Crippen molar-refractivity contribution in [2.75, 3.05) is 6.61 Å². The van der Waals surface area contributed by atoms with E-state index in [1.165, 1.54) is 31.2 Å². The molecule has 1 rings (SSSR count). The Morgan fingerprint density at radius 3 is 2.47 bits per heavy atom. The molecule has 0 aliphatic rings. The smallest absolute Gasteiger partial charge is 0.340 e. The van der Waals surface area contributed by atoms with Crippen LogP contribution in [0.4, 0.5) is 4.39 Å². The van der Waals surface area contributed by atoms with Gasteiger partial charge in [-0.25, -0.2) is 9.18 Å². The van der Waals surface area contributed by atoms with Crippen LogP contribution in [0.5, 0.6) is 0 Å². The van der Waals surface area contributed by atoms with Gasteiger partial charge in [-0.3, -0.25) is 0 Å². The molecule has 0 aliphatic carbocycles. The van der Waals surface area contributed by atoms with Crippen LogP contribution < -0.4 is 0 Å². The molecule has 3 nitrogen and oxygen atoms in total. The highest BCUT2D eigenvalue weighted by atomic mass is 19.1. The summed E-state index contributed by atoms with van der Waals surface area (Å²) < 4.78 is 18.2. The number of benzene rings is 1. The van der Waals surface area contributed by atoms with Gasteiger partial charge in [0.15, 0.2) is 5.60 Å². The van der Waals surface area contributed by atoms with Crippen molar-refractivity contribution in [3.05, 3.63) is 35.6 Å². The van der Waals surface area contributed by atoms with Gasteiger partial charge in [-0.1, -0.05) is 25.5 Å². The number of hydrogen-bond acceptors (Lipinski definition) is 2. The first kappa shape index (κ1) is 13.6. The average molecular weight is 240 g/mol. The minimum Gasteiger partial charge on any atom is -0.479 e. The Balaban J connectivity index is 2.90. The predicted octanol–water partition coefficient (Wildman–Crippen LogP) is 2.94. The van der Waals surface area contributed by atoms with Gasteiger partial charge in [-0.05, 0) is 31.0 Å². The molecule has 0 bridgehead atoms. The predicted molar refractivity (Wildman–Crippen MR) is 62.2 cm³/mol. The van der Waals surface area contributed by atoms with E-state index >= 15 is 0 Å². The fourth-order valence-corrected chi connectivity index (χ4v) is 1.46. The van der Waals surface area contributed by atoms with Crippen molar-refractivity contribution in [3.63, 3.8) is 0 Å². The number of carboxylic acids is 1. The molecule has 1 N–H and O–H groups in total. The van der Waals surface area contributed by atoms with Crippen LogP contribution in [0.2, 0.25) is 0 Å². The van der Waals surface area contributed by atoms with Crippen molar-refractivity contribution in [2.24, 2.45) is 0 Å². The molecule has 0 heterocycles. The lowest BCUT2D eigenvalue weighted by Crippen LogP contribution is -2.35. The minimum atomic E-state index is -1.41. The molecule has 0 saturated carbocycles. The van der Waals surface area contributed by atoms with Crippen LogP contribution in [0.3, 0.4) is 0 Å². The summed E-state index contributed by atoms with van der Waals surface area (Å²) in [6.45, 7) is 3.86. The number of unbranched alkanes of at least 4 members (excludes halogenated alkanes) is 1. The Labute approximate surface area is 100 Å². The second-order valence-corrected chi connectivity index (χ2v) is 4.05. The van der Waals surface area contributed by atoms with Crippen LogP contribution in [-0.4, -0.2) is 17.7 Å². The van der Waals surface area contributed by atoms with Gasteiger partial charge in [-0.15, -0.1) is 0 Å². The highest BCUT2D eigenvalue weighted by Crippen LogP contribution is 2.26. The highest BCUT2D eigenvalue weighted by Gasteiger charge is 2.36. The monoisotopic (exact) mass is 240 g/mol. The molecular formula is C13H17FO3. The topological polar surface area (TPSA) is 46.5 Å². The van der Waals surface area contributed by atoms with Crippen LogP contribution in [-0.2, 0) is 15.1 Å². The molecule has 1 atom stereocenters. The number of carboxylic acid groups (broad SMARTS) is 1. The lowest BCUT2D eigenvalue weighted by atomic mass is 9.96. The zero-order valence-corrected chi connectivity index (χ0v) is 10.1. The third-order valence-corrected chi connectivity index (χ3v) is 2.69. The van der Waals surface area contributed by atoms with Gasteiger partial charge in [0.2, 0.25) is 0 Å². The number of halogens is 1. The number of ether oxygens (including phenoxy) is 1. The zero-order chi connectivity index (χ0) is 12.9. The van der Waals surface area contributed by atoms with E-state index in [4.69, 9.17) is 4.74 Å². The average Bonchev–Trinajstić information content (AvgIpc) is 2.29. The van der Waals surface area contributed by atoms with Gasteiger partial charge < -0.3 is 9.84 Å². The fraction of sp³-hybridized carbons (Fsp3) is 0.462. The molecule has 17 heavy (non-hydrogen) atoms. The molecule has 0 radical (unpaired) electrons. The molecular weight excluding hydrogens is 223 g/mol. The quantitative estimate of drug-likeness (QED) is 0.777. The van der Waals surface area contributed by atoms with Crippen molar-refractivity contribution in [1.29, 1.82) is 0 Å². The van der Waals surface area contributed by atoms with E-state index in [2.05, 4.69) is 0 Å². The molecule has 1 aromatic carbocycles. The second kappa shape index (κ2) is 5.77. The van der Waals surface area contributed by atoms with Crippen molar-refractivity contribution < 1.29 is 19.0 Å². The number of carbonyl (C=O) groups is 1. The van der Waals surface area contributed by atoms with Gasteiger partial charge in [0.05, 0.1) is 0 Å². The van der Waals surface area contributed by atoms with E-state index in [1.807, 2.05) is 6.92 Å². The molecule has 4 heteroatoms. The van der Waals surface area contributed by atoms with E-state index in [1.54, 1.807) is 0 Å². The summed E-state index contributed by atoms with van der Waals surface area (Å²) in [5.41, 5.74) is -0.967. The maximum Gasteiger partial charge on any atom is 0.340 e. The van der Waals surface area contributed by atoms with Crippen molar-refractivity contribution in [3.8, 4) is 0 Å². The van der Waals surface area contributed by atoms with Gasteiger partial charge in [0.25, 0.3) is 0 Å². The zero-order valence-electron chi connectivity index (χ0n) is 10.1. The fourth-order valence-electron chi connectivity index (χ4n) is 1.46. The third kappa shape index (κ3) is 3.27. The van der Waals surface area contributed by atoms with E-state index in [0.717, 1.165) is 12.8 Å². The molecule has 0 amide bonds. The van der Waals surface area contributed by atoms with Crippen LogP contribution in [0.1, 0.15) is 32.3 Å². The third-order valence-electron chi connectivity index (χ3n) is 2.69. The van der Waals surface area contributed by atoms with Crippen LogP contribution in [0.15, 0.2) is 24.3 Å². The second-order valence-electron chi connectivity index (χ2n) is 4.05. The first-order valence-electron chi connectivity index (χ1n) is 5.64. The highest BCUT2D eigenvalue weighted by molar-refractivity contribution is 5.78. The Bertz CT molecular complexity index is 375. The van der Waals surface area contributed by atoms with Gasteiger partial charge in [0.1, 0.15) is 5.82 Å². The molecule has 94 valence electrons. The molecule has 0 fully saturated rings. The first-order chi connectivity index (χ1) is 8.00. The van der Waals surface area contributed by atoms with Gasteiger partial charge >= 0.3 is 5.97 Å².